The highest BCUT2D eigenvalue weighted by Crippen LogP contribution is 2.39. The van der Waals surface area contributed by atoms with E-state index in [9.17, 15) is 5.11 Å². The van der Waals surface area contributed by atoms with Crippen molar-refractivity contribution in [2.24, 2.45) is 0 Å². The summed E-state index contributed by atoms with van der Waals surface area (Å²) in [5.41, 5.74) is 1.12. The van der Waals surface area contributed by atoms with Crippen LogP contribution in [-0.2, 0) is 0 Å². The molecule has 0 aliphatic carbocycles. The van der Waals surface area contributed by atoms with Crippen molar-refractivity contribution in [3.05, 3.63) is 11.8 Å². The van der Waals surface area contributed by atoms with E-state index in [1.165, 1.54) is 12.8 Å². The lowest BCUT2D eigenvalue weighted by Crippen LogP contribution is -2.45. The first-order valence-electron chi connectivity index (χ1n) is 7.23. The van der Waals surface area contributed by atoms with Crippen molar-refractivity contribution in [3.63, 3.8) is 0 Å². The number of aliphatic hydroxyl groups is 1. The van der Waals surface area contributed by atoms with Crippen molar-refractivity contribution in [1.29, 1.82) is 0 Å². The number of aryl methyl sites for hydroxylation is 1. The Kier molecular flexibility index (Phi) is 3.31. The van der Waals surface area contributed by atoms with Crippen molar-refractivity contribution >= 4 is 11.8 Å². The van der Waals surface area contributed by atoms with Gasteiger partial charge in [-0.3, -0.25) is 0 Å². The van der Waals surface area contributed by atoms with Gasteiger partial charge in [-0.15, -0.1) is 0 Å². The van der Waals surface area contributed by atoms with E-state index in [0.29, 0.717) is 18.0 Å². The number of nitrogens with one attached hydrogen (secondary N) is 1. The lowest BCUT2D eigenvalue weighted by atomic mass is 9.99. The Labute approximate surface area is 114 Å². The SMILES string of the molecule is CCNc1ncc(C)c(N2C3CCC2CC(O)C3)n1. The first-order valence-corrected chi connectivity index (χ1v) is 7.23. The number of hydrogen-bond acceptors (Lipinski definition) is 5. The van der Waals surface area contributed by atoms with Crippen LogP contribution in [0, 0.1) is 6.92 Å². The molecule has 2 aliphatic heterocycles. The Morgan fingerprint density at radius 3 is 2.68 bits per heavy atom. The monoisotopic (exact) mass is 262 g/mol. The Bertz CT molecular complexity index is 451. The van der Waals surface area contributed by atoms with E-state index in [1.54, 1.807) is 0 Å². The maximum Gasteiger partial charge on any atom is 0.224 e. The first-order chi connectivity index (χ1) is 9.19. The predicted octanol–water partition coefficient (Wildman–Crippen LogP) is 1.71. The van der Waals surface area contributed by atoms with Gasteiger partial charge >= 0.3 is 0 Å². The van der Waals surface area contributed by atoms with Gasteiger partial charge in [0.2, 0.25) is 5.95 Å². The summed E-state index contributed by atoms with van der Waals surface area (Å²) < 4.78 is 0. The summed E-state index contributed by atoms with van der Waals surface area (Å²) in [5, 5.41) is 13.1. The number of nitrogens with zero attached hydrogens (tertiary/aromatic N) is 3. The van der Waals surface area contributed by atoms with Gasteiger partial charge in [0.05, 0.1) is 6.10 Å². The molecule has 3 rings (SSSR count). The standard InChI is InChI=1S/C14H22N4O/c1-3-15-14-16-8-9(2)13(17-14)18-10-4-5-11(18)7-12(19)6-10/h8,10-12,19H,3-7H2,1-2H3,(H,15,16,17). The molecule has 2 aliphatic rings. The minimum atomic E-state index is -0.135. The van der Waals surface area contributed by atoms with Gasteiger partial charge in [-0.05, 0) is 39.5 Å². The Balaban J connectivity index is 1.91. The second kappa shape index (κ2) is 4.96. The summed E-state index contributed by atoms with van der Waals surface area (Å²) in [6.45, 7) is 4.94. The molecule has 2 unspecified atom stereocenters. The highest BCUT2D eigenvalue weighted by molar-refractivity contribution is 5.52. The van der Waals surface area contributed by atoms with Crippen LogP contribution >= 0.6 is 0 Å². The third-order valence-corrected chi connectivity index (χ3v) is 4.23. The summed E-state index contributed by atoms with van der Waals surface area (Å²) in [7, 11) is 0. The molecule has 0 aromatic carbocycles. The van der Waals surface area contributed by atoms with E-state index >= 15 is 0 Å². The van der Waals surface area contributed by atoms with Gasteiger partial charge in [0, 0.05) is 30.4 Å². The zero-order valence-corrected chi connectivity index (χ0v) is 11.6. The molecule has 2 bridgehead atoms. The van der Waals surface area contributed by atoms with E-state index in [0.717, 1.165) is 30.8 Å². The fraction of sp³-hybridized carbons (Fsp3) is 0.714. The molecular formula is C14H22N4O. The Hall–Kier alpha value is -1.36. The van der Waals surface area contributed by atoms with Gasteiger partial charge < -0.3 is 15.3 Å². The molecule has 2 saturated heterocycles. The first kappa shape index (κ1) is 12.7. The number of aliphatic hydroxyl groups excluding tert-OH is 1. The van der Waals surface area contributed by atoms with Crippen LogP contribution in [0.15, 0.2) is 6.20 Å². The zero-order chi connectivity index (χ0) is 13.4. The van der Waals surface area contributed by atoms with Crippen LogP contribution in [0.5, 0.6) is 0 Å². The molecule has 2 fully saturated rings. The van der Waals surface area contributed by atoms with Crippen molar-refractivity contribution < 1.29 is 5.11 Å². The van der Waals surface area contributed by atoms with Crippen LogP contribution in [0.25, 0.3) is 0 Å². The van der Waals surface area contributed by atoms with Crippen LogP contribution in [-0.4, -0.2) is 39.8 Å². The molecule has 0 amide bonds. The largest absolute Gasteiger partial charge is 0.393 e. The average molecular weight is 262 g/mol. The van der Waals surface area contributed by atoms with Gasteiger partial charge in [-0.2, -0.15) is 4.98 Å². The lowest BCUT2D eigenvalue weighted by molar-refractivity contribution is 0.126. The molecule has 19 heavy (non-hydrogen) atoms. The van der Waals surface area contributed by atoms with Gasteiger partial charge in [0.25, 0.3) is 0 Å². The van der Waals surface area contributed by atoms with E-state index < -0.39 is 0 Å². The van der Waals surface area contributed by atoms with Crippen molar-refractivity contribution in [1.82, 2.24) is 9.97 Å². The highest BCUT2D eigenvalue weighted by Gasteiger charge is 2.41. The average Bonchev–Trinajstić information content (AvgIpc) is 2.64. The van der Waals surface area contributed by atoms with Gasteiger partial charge in [0.15, 0.2) is 0 Å². The number of hydrogen-bond donors (Lipinski definition) is 2. The second-order valence-corrected chi connectivity index (χ2v) is 5.65. The van der Waals surface area contributed by atoms with Crippen LogP contribution in [0.4, 0.5) is 11.8 Å². The summed E-state index contributed by atoms with van der Waals surface area (Å²) in [6, 6.07) is 0.883. The van der Waals surface area contributed by atoms with E-state index in [1.807, 2.05) is 13.1 Å². The number of fused-ring (bicyclic) bond motifs is 2. The highest BCUT2D eigenvalue weighted by atomic mass is 16.3. The molecule has 104 valence electrons. The summed E-state index contributed by atoms with van der Waals surface area (Å²) in [6.07, 6.45) is 5.84. The van der Waals surface area contributed by atoms with Crippen LogP contribution in [0.2, 0.25) is 0 Å². The maximum absolute atomic E-state index is 9.89. The molecule has 0 spiro atoms. The molecule has 5 nitrogen and oxygen atoms in total. The van der Waals surface area contributed by atoms with Crippen molar-refractivity contribution in [3.8, 4) is 0 Å². The zero-order valence-electron chi connectivity index (χ0n) is 11.6. The third kappa shape index (κ3) is 2.27. The molecule has 0 radical (unpaired) electrons. The normalized spacial score (nSPS) is 29.6. The molecule has 2 N–H and O–H groups in total. The predicted molar refractivity (Wildman–Crippen MR) is 75.5 cm³/mol. The minimum Gasteiger partial charge on any atom is -0.393 e. The molecule has 2 atom stereocenters. The molecule has 5 heteroatoms. The number of piperidine rings is 1. The topological polar surface area (TPSA) is 61.3 Å². The lowest BCUT2D eigenvalue weighted by Gasteiger charge is -2.38. The smallest absolute Gasteiger partial charge is 0.224 e. The molecule has 1 aromatic rings. The van der Waals surface area contributed by atoms with E-state index in [2.05, 4.69) is 27.1 Å². The Morgan fingerprint density at radius 1 is 1.37 bits per heavy atom. The van der Waals surface area contributed by atoms with E-state index in [-0.39, 0.29) is 6.10 Å². The molecule has 3 heterocycles. The van der Waals surface area contributed by atoms with Crippen LogP contribution in [0.3, 0.4) is 0 Å². The van der Waals surface area contributed by atoms with Crippen LogP contribution in [0.1, 0.15) is 38.2 Å². The second-order valence-electron chi connectivity index (χ2n) is 5.65. The molecule has 0 saturated carbocycles. The summed E-state index contributed by atoms with van der Waals surface area (Å²) in [5.74, 6) is 1.75. The fourth-order valence-corrected chi connectivity index (χ4v) is 3.43. The molecule has 1 aromatic heterocycles. The van der Waals surface area contributed by atoms with Crippen LogP contribution < -0.4 is 10.2 Å². The minimum absolute atomic E-state index is 0.135. The maximum atomic E-state index is 9.89. The van der Waals surface area contributed by atoms with Crippen molar-refractivity contribution in [2.45, 2.75) is 57.7 Å². The summed E-state index contributed by atoms with van der Waals surface area (Å²) >= 11 is 0. The van der Waals surface area contributed by atoms with Crippen molar-refractivity contribution in [2.75, 3.05) is 16.8 Å². The Morgan fingerprint density at radius 2 is 2.05 bits per heavy atom. The summed E-state index contributed by atoms with van der Waals surface area (Å²) in [4.78, 5) is 11.4. The fourth-order valence-electron chi connectivity index (χ4n) is 3.43. The third-order valence-electron chi connectivity index (χ3n) is 4.23. The quantitative estimate of drug-likeness (QED) is 0.868. The number of anilines is 2. The number of aromatic nitrogens is 2. The van der Waals surface area contributed by atoms with Gasteiger partial charge in [0.1, 0.15) is 5.82 Å². The number of rotatable bonds is 3. The van der Waals surface area contributed by atoms with Gasteiger partial charge in [-0.25, -0.2) is 4.98 Å². The molecular weight excluding hydrogens is 240 g/mol. The van der Waals surface area contributed by atoms with E-state index in [4.69, 9.17) is 0 Å². The van der Waals surface area contributed by atoms with Gasteiger partial charge in [-0.1, -0.05) is 0 Å².